The van der Waals surface area contributed by atoms with Crippen molar-refractivity contribution in [1.29, 1.82) is 0 Å². The van der Waals surface area contributed by atoms with Gasteiger partial charge in [0.1, 0.15) is 17.2 Å². The number of nitrogens with one attached hydrogen (secondary N) is 1. The Kier molecular flexibility index (Phi) is 6.05. The average molecular weight is 429 g/mol. The van der Waals surface area contributed by atoms with E-state index in [0.29, 0.717) is 12.3 Å². The Balaban J connectivity index is 2.10. The summed E-state index contributed by atoms with van der Waals surface area (Å²) in [4.78, 5) is 15.0. The van der Waals surface area contributed by atoms with Crippen molar-refractivity contribution in [1.82, 2.24) is 10.3 Å². The third-order valence-corrected chi connectivity index (χ3v) is 5.33. The topological polar surface area (TPSA) is 76.1 Å². The number of aromatic nitrogens is 1. The molecule has 5 nitrogen and oxygen atoms in total. The average Bonchev–Trinajstić information content (AvgIpc) is 2.53. The first-order chi connectivity index (χ1) is 12.4. The molecule has 1 N–H and O–H groups in total. The van der Waals surface area contributed by atoms with Crippen LogP contribution in [0.1, 0.15) is 15.9 Å². The molecule has 1 amide bonds. The van der Waals surface area contributed by atoms with Gasteiger partial charge in [-0.25, -0.2) is 22.2 Å². The Morgan fingerprint density at radius 3 is 2.30 bits per heavy atom. The number of carbonyl (C=O) groups excluding carboxylic acids is 1. The Morgan fingerprint density at radius 1 is 1.19 bits per heavy atom. The van der Waals surface area contributed by atoms with Crippen LogP contribution in [0.3, 0.4) is 0 Å². The highest BCUT2D eigenvalue weighted by molar-refractivity contribution is 7.91. The molecule has 0 unspecified atom stereocenters. The van der Waals surface area contributed by atoms with Gasteiger partial charge in [0.05, 0.1) is 16.3 Å². The number of rotatable bonds is 5. The van der Waals surface area contributed by atoms with Gasteiger partial charge in [-0.3, -0.25) is 4.79 Å². The van der Waals surface area contributed by atoms with Crippen molar-refractivity contribution in [2.24, 2.45) is 0 Å². The van der Waals surface area contributed by atoms with Crippen LogP contribution < -0.4 is 5.32 Å². The minimum absolute atomic E-state index is 0.312. The first-order valence-corrected chi connectivity index (χ1v) is 9.14. The largest absolute Gasteiger partial charge is 0.417 e. The zero-order chi connectivity index (χ0) is 20.4. The third-order valence-electron chi connectivity index (χ3n) is 3.28. The Hall–Kier alpha value is -2.27. The molecule has 0 aliphatic heterocycles. The lowest BCUT2D eigenvalue weighted by Crippen LogP contribution is -2.30. The summed E-state index contributed by atoms with van der Waals surface area (Å²) in [5, 5.41) is 0.471. The quantitative estimate of drug-likeness (QED) is 0.742. The van der Waals surface area contributed by atoms with Crippen molar-refractivity contribution >= 4 is 27.3 Å². The molecule has 0 aliphatic carbocycles. The van der Waals surface area contributed by atoms with E-state index in [9.17, 15) is 35.2 Å². The summed E-state index contributed by atoms with van der Waals surface area (Å²) in [6.07, 6.45) is -4.44. The van der Waals surface area contributed by atoms with Crippen LogP contribution >= 0.6 is 11.6 Å². The summed E-state index contributed by atoms with van der Waals surface area (Å²) >= 11 is 5.57. The molecular weight excluding hydrogens is 419 g/mol. The third kappa shape index (κ3) is 4.92. The minimum Gasteiger partial charge on any atom is -0.351 e. The molecule has 12 heteroatoms. The van der Waals surface area contributed by atoms with Crippen LogP contribution in [-0.4, -0.2) is 31.6 Å². The highest BCUT2D eigenvalue weighted by atomic mass is 35.5. The molecular formula is C15H10ClF5N2O3S. The normalized spacial score (nSPS) is 12.1. The second-order valence-electron chi connectivity index (χ2n) is 5.18. The van der Waals surface area contributed by atoms with Gasteiger partial charge in [-0.1, -0.05) is 17.7 Å². The molecule has 0 bridgehead atoms. The lowest BCUT2D eigenvalue weighted by molar-refractivity contribution is -0.137. The summed E-state index contributed by atoms with van der Waals surface area (Å²) in [5.41, 5.74) is -2.12. The Bertz CT molecular complexity index is 960. The molecule has 1 aromatic heterocycles. The summed E-state index contributed by atoms with van der Waals surface area (Å²) in [7, 11) is -4.26. The number of nitrogens with zero attached hydrogens (tertiary/aromatic N) is 1. The molecule has 0 atom stereocenters. The summed E-state index contributed by atoms with van der Waals surface area (Å²) in [5.74, 6) is -4.26. The van der Waals surface area contributed by atoms with E-state index in [4.69, 9.17) is 11.6 Å². The predicted octanol–water partition coefficient (Wildman–Crippen LogP) is 3.24. The predicted molar refractivity (Wildman–Crippen MR) is 85.0 cm³/mol. The zero-order valence-electron chi connectivity index (χ0n) is 13.1. The van der Waals surface area contributed by atoms with Crippen LogP contribution in [0.2, 0.25) is 5.02 Å². The van der Waals surface area contributed by atoms with E-state index in [1.807, 2.05) is 5.32 Å². The second-order valence-corrected chi connectivity index (χ2v) is 7.61. The van der Waals surface area contributed by atoms with Gasteiger partial charge in [0.15, 0.2) is 14.9 Å². The lowest BCUT2D eigenvalue weighted by Gasteiger charge is -2.10. The van der Waals surface area contributed by atoms with Gasteiger partial charge in [0.2, 0.25) is 0 Å². The number of hydrogen-bond donors (Lipinski definition) is 1. The summed E-state index contributed by atoms with van der Waals surface area (Å²) in [6.45, 7) is -0.575. The van der Waals surface area contributed by atoms with Crippen molar-refractivity contribution in [2.45, 2.75) is 11.2 Å². The van der Waals surface area contributed by atoms with Gasteiger partial charge in [0.25, 0.3) is 5.91 Å². The van der Waals surface area contributed by atoms with Crippen molar-refractivity contribution in [3.63, 3.8) is 0 Å². The van der Waals surface area contributed by atoms with Crippen LogP contribution in [0.25, 0.3) is 0 Å². The van der Waals surface area contributed by atoms with Gasteiger partial charge in [-0.05, 0) is 18.2 Å². The van der Waals surface area contributed by atoms with Crippen LogP contribution in [0, 0.1) is 11.6 Å². The highest BCUT2D eigenvalue weighted by Gasteiger charge is 2.33. The number of pyridine rings is 1. The van der Waals surface area contributed by atoms with E-state index in [-0.39, 0.29) is 0 Å². The first kappa shape index (κ1) is 21.0. The van der Waals surface area contributed by atoms with Gasteiger partial charge >= 0.3 is 6.18 Å². The highest BCUT2D eigenvalue weighted by Crippen LogP contribution is 2.32. The summed E-state index contributed by atoms with van der Waals surface area (Å²) < 4.78 is 88.9. The Morgan fingerprint density at radius 2 is 1.78 bits per heavy atom. The number of hydrogen-bond acceptors (Lipinski definition) is 4. The van der Waals surface area contributed by atoms with Crippen LogP contribution in [0.15, 0.2) is 35.5 Å². The molecule has 146 valence electrons. The zero-order valence-corrected chi connectivity index (χ0v) is 14.7. The van der Waals surface area contributed by atoms with E-state index in [0.717, 1.165) is 18.2 Å². The SMILES string of the molecule is O=C(NCCS(=O)(=O)c1ncc(C(F)(F)F)cc1Cl)c1c(F)cccc1F. The fourth-order valence-corrected chi connectivity index (χ4v) is 3.66. The lowest BCUT2D eigenvalue weighted by atomic mass is 10.2. The van der Waals surface area contributed by atoms with Gasteiger partial charge < -0.3 is 5.32 Å². The van der Waals surface area contributed by atoms with Crippen molar-refractivity contribution in [3.8, 4) is 0 Å². The van der Waals surface area contributed by atoms with Gasteiger partial charge in [-0.15, -0.1) is 0 Å². The van der Waals surface area contributed by atoms with Crippen molar-refractivity contribution in [2.75, 3.05) is 12.3 Å². The Labute approximate surface area is 155 Å². The summed E-state index contributed by atoms with van der Waals surface area (Å²) in [6, 6.07) is 3.15. The van der Waals surface area contributed by atoms with Crippen LogP contribution in [0.4, 0.5) is 22.0 Å². The number of halogens is 6. The minimum atomic E-state index is -4.75. The number of carbonyl (C=O) groups is 1. The maximum Gasteiger partial charge on any atom is 0.417 e. The molecule has 27 heavy (non-hydrogen) atoms. The molecule has 0 aliphatic rings. The van der Waals surface area contributed by atoms with E-state index in [2.05, 4.69) is 4.98 Å². The fourth-order valence-electron chi connectivity index (χ4n) is 2.01. The molecule has 2 aromatic rings. The standard InChI is InChI=1S/C15H10ClF5N2O3S/c16-9-6-8(15(19,20)21)7-23-14(9)27(25,26)5-4-22-13(24)12-10(17)2-1-3-11(12)18/h1-3,6-7H,4-5H2,(H,22,24). The number of sulfone groups is 1. The monoisotopic (exact) mass is 428 g/mol. The molecule has 1 aromatic carbocycles. The molecule has 0 fully saturated rings. The maximum atomic E-state index is 13.5. The van der Waals surface area contributed by atoms with Crippen molar-refractivity contribution in [3.05, 3.63) is 58.2 Å². The van der Waals surface area contributed by atoms with E-state index in [1.165, 1.54) is 0 Å². The van der Waals surface area contributed by atoms with Crippen LogP contribution in [-0.2, 0) is 16.0 Å². The number of amides is 1. The fraction of sp³-hybridized carbons (Fsp3) is 0.200. The van der Waals surface area contributed by atoms with E-state index < -0.39 is 67.0 Å². The first-order valence-electron chi connectivity index (χ1n) is 7.11. The molecule has 0 spiro atoms. The molecule has 2 rings (SSSR count). The maximum absolute atomic E-state index is 13.5. The molecule has 0 saturated carbocycles. The van der Waals surface area contributed by atoms with Crippen molar-refractivity contribution < 1.29 is 35.2 Å². The number of alkyl halides is 3. The second kappa shape index (κ2) is 7.77. The molecule has 1 heterocycles. The van der Waals surface area contributed by atoms with E-state index in [1.54, 1.807) is 0 Å². The van der Waals surface area contributed by atoms with Gasteiger partial charge in [-0.2, -0.15) is 13.2 Å². The molecule has 0 saturated heterocycles. The molecule has 0 radical (unpaired) electrons. The number of benzene rings is 1. The smallest absolute Gasteiger partial charge is 0.351 e. The van der Waals surface area contributed by atoms with E-state index >= 15 is 0 Å². The van der Waals surface area contributed by atoms with Crippen LogP contribution in [0.5, 0.6) is 0 Å². The van der Waals surface area contributed by atoms with Gasteiger partial charge in [0, 0.05) is 12.7 Å².